The number of phenols is 1. The average molecular weight is 586 g/mol. The smallest absolute Gasteiger partial charge is 0.240 e. The standard InChI is InChI=1S/C33H40FN7O2/c1-4-20-13-30(42)25(34)14-24(20)21-8-9-23-26(12-21)37-38-31(23)32-35-27-15-29(41(19(2)3)18-28(27)36-32)33(43)40-16-22(17-40)39-10-6-5-7-11-39/h8-9,12-14,19,22,29,42H,4-7,10-11,15-18H2,1-3H3,(H,35,36)(H,37,38)/t29-/m0/s1. The first-order chi connectivity index (χ1) is 20.8. The highest BCUT2D eigenvalue weighted by Gasteiger charge is 2.42. The fraction of sp³-hybridized carbons (Fsp3) is 0.485. The molecule has 226 valence electrons. The number of H-pyrrole nitrogens is 2. The number of aromatic amines is 2. The number of nitrogens with zero attached hydrogens (tertiary/aromatic N) is 5. The number of aromatic nitrogens is 4. The number of phenolic OH excluding ortho intramolecular Hbond substituents is 1. The Labute approximate surface area is 251 Å². The molecule has 1 atom stereocenters. The lowest BCUT2D eigenvalue weighted by atomic mass is 9.96. The molecule has 7 rings (SSSR count). The predicted molar refractivity (Wildman–Crippen MR) is 164 cm³/mol. The van der Waals surface area contributed by atoms with E-state index in [0.29, 0.717) is 31.3 Å². The molecule has 0 unspecified atom stereocenters. The summed E-state index contributed by atoms with van der Waals surface area (Å²) < 4.78 is 14.2. The molecule has 2 fully saturated rings. The third-order valence-corrected chi connectivity index (χ3v) is 9.67. The number of aryl methyl sites for hydroxylation is 1. The molecule has 0 bridgehead atoms. The number of likely N-dealkylation sites (tertiary alicyclic amines) is 2. The largest absolute Gasteiger partial charge is 0.505 e. The van der Waals surface area contributed by atoms with Gasteiger partial charge in [0.25, 0.3) is 0 Å². The minimum Gasteiger partial charge on any atom is -0.505 e. The molecule has 2 saturated heterocycles. The topological polar surface area (TPSA) is 104 Å². The minimum absolute atomic E-state index is 0.215. The number of piperidine rings is 1. The van der Waals surface area contributed by atoms with Crippen LogP contribution in [0.3, 0.4) is 0 Å². The fourth-order valence-electron chi connectivity index (χ4n) is 7.12. The van der Waals surface area contributed by atoms with Gasteiger partial charge in [0.2, 0.25) is 5.91 Å². The van der Waals surface area contributed by atoms with Crippen molar-refractivity contribution in [2.75, 3.05) is 26.2 Å². The molecule has 43 heavy (non-hydrogen) atoms. The van der Waals surface area contributed by atoms with Crippen LogP contribution in [0.4, 0.5) is 4.39 Å². The van der Waals surface area contributed by atoms with Gasteiger partial charge < -0.3 is 15.0 Å². The summed E-state index contributed by atoms with van der Waals surface area (Å²) in [5, 5.41) is 18.5. The number of hydrogen-bond acceptors (Lipinski definition) is 6. The Kier molecular flexibility index (Phi) is 7.21. The summed E-state index contributed by atoms with van der Waals surface area (Å²) in [6, 6.07) is 9.27. The quantitative estimate of drug-likeness (QED) is 0.299. The van der Waals surface area contributed by atoms with Crippen molar-refractivity contribution in [1.82, 2.24) is 34.9 Å². The number of carbonyl (C=O) groups excluding carboxylic acids is 1. The number of hydrogen-bond donors (Lipinski definition) is 3. The normalized spacial score (nSPS) is 20.1. The van der Waals surface area contributed by atoms with E-state index in [1.807, 2.05) is 30.0 Å². The van der Waals surface area contributed by atoms with Gasteiger partial charge in [-0.05, 0) is 87.2 Å². The zero-order chi connectivity index (χ0) is 29.8. The number of carbonyl (C=O) groups is 1. The molecule has 0 aliphatic carbocycles. The number of rotatable bonds is 6. The van der Waals surface area contributed by atoms with E-state index in [1.54, 1.807) is 0 Å². The van der Waals surface area contributed by atoms with Gasteiger partial charge in [-0.1, -0.05) is 19.4 Å². The Morgan fingerprint density at radius 2 is 1.93 bits per heavy atom. The molecule has 2 aromatic heterocycles. The molecule has 0 spiro atoms. The number of nitrogens with one attached hydrogen (secondary N) is 2. The van der Waals surface area contributed by atoms with Crippen LogP contribution in [0.5, 0.6) is 5.75 Å². The van der Waals surface area contributed by atoms with Crippen LogP contribution < -0.4 is 0 Å². The summed E-state index contributed by atoms with van der Waals surface area (Å²) >= 11 is 0. The minimum atomic E-state index is -0.637. The van der Waals surface area contributed by atoms with Gasteiger partial charge in [0.15, 0.2) is 17.4 Å². The Morgan fingerprint density at radius 3 is 2.67 bits per heavy atom. The van der Waals surface area contributed by atoms with E-state index < -0.39 is 5.82 Å². The van der Waals surface area contributed by atoms with Crippen LogP contribution in [-0.2, 0) is 24.2 Å². The Balaban J connectivity index is 1.12. The lowest BCUT2D eigenvalue weighted by molar-refractivity contribution is -0.146. The maximum atomic E-state index is 14.2. The zero-order valence-corrected chi connectivity index (χ0v) is 25.2. The number of halogens is 1. The highest BCUT2D eigenvalue weighted by molar-refractivity contribution is 5.94. The second-order valence-corrected chi connectivity index (χ2v) is 12.6. The van der Waals surface area contributed by atoms with Crippen LogP contribution in [0, 0.1) is 5.82 Å². The first-order valence-electron chi connectivity index (χ1n) is 15.7. The molecule has 10 heteroatoms. The van der Waals surface area contributed by atoms with Gasteiger partial charge in [0.05, 0.1) is 22.9 Å². The van der Waals surface area contributed by atoms with Gasteiger partial charge in [-0.3, -0.25) is 19.7 Å². The molecule has 1 amide bonds. The van der Waals surface area contributed by atoms with E-state index in [0.717, 1.165) is 70.9 Å². The first-order valence-corrected chi connectivity index (χ1v) is 15.7. The second-order valence-electron chi connectivity index (χ2n) is 12.6. The van der Waals surface area contributed by atoms with Crippen LogP contribution in [-0.4, -0.2) is 90.2 Å². The molecule has 0 saturated carbocycles. The Hall–Kier alpha value is -3.76. The van der Waals surface area contributed by atoms with E-state index in [9.17, 15) is 14.3 Å². The Bertz CT molecular complexity index is 1670. The summed E-state index contributed by atoms with van der Waals surface area (Å²) in [5.74, 6) is -0.0763. The Morgan fingerprint density at radius 1 is 1.14 bits per heavy atom. The van der Waals surface area contributed by atoms with Crippen molar-refractivity contribution in [1.29, 1.82) is 0 Å². The lowest BCUT2D eigenvalue weighted by Gasteiger charge is -2.49. The van der Waals surface area contributed by atoms with Crippen molar-refractivity contribution in [2.45, 2.75) is 77.5 Å². The second kappa shape index (κ2) is 11.1. The summed E-state index contributed by atoms with van der Waals surface area (Å²) in [5.41, 5.74) is 5.96. The average Bonchev–Trinajstić information content (AvgIpc) is 3.60. The van der Waals surface area contributed by atoms with Crippen LogP contribution in [0.2, 0.25) is 0 Å². The number of benzene rings is 2. The van der Waals surface area contributed by atoms with E-state index >= 15 is 0 Å². The van der Waals surface area contributed by atoms with Crippen molar-refractivity contribution in [3.63, 3.8) is 0 Å². The van der Waals surface area contributed by atoms with Crippen molar-refractivity contribution >= 4 is 16.8 Å². The van der Waals surface area contributed by atoms with Crippen LogP contribution in [0.25, 0.3) is 33.5 Å². The molecule has 9 nitrogen and oxygen atoms in total. The number of amides is 1. The van der Waals surface area contributed by atoms with Gasteiger partial charge in [-0.25, -0.2) is 9.37 Å². The first kappa shape index (κ1) is 28.0. The number of fused-ring (bicyclic) bond motifs is 2. The fourth-order valence-corrected chi connectivity index (χ4v) is 7.12. The van der Waals surface area contributed by atoms with Crippen molar-refractivity contribution in [2.24, 2.45) is 0 Å². The van der Waals surface area contributed by atoms with E-state index in [1.165, 1.54) is 31.4 Å². The summed E-state index contributed by atoms with van der Waals surface area (Å²) in [6.07, 6.45) is 5.10. The predicted octanol–water partition coefficient (Wildman–Crippen LogP) is 4.86. The van der Waals surface area contributed by atoms with Gasteiger partial charge in [-0.2, -0.15) is 5.10 Å². The van der Waals surface area contributed by atoms with E-state index in [-0.39, 0.29) is 23.7 Å². The molecule has 3 aliphatic rings. The van der Waals surface area contributed by atoms with E-state index in [4.69, 9.17) is 4.98 Å². The number of aromatic hydroxyl groups is 1. The maximum Gasteiger partial charge on any atom is 0.240 e. The summed E-state index contributed by atoms with van der Waals surface area (Å²) in [6.45, 7) is 10.9. The molecule has 0 radical (unpaired) electrons. The molecule has 3 N–H and O–H groups in total. The van der Waals surface area contributed by atoms with Crippen molar-refractivity contribution in [3.05, 3.63) is 53.1 Å². The maximum absolute atomic E-state index is 14.2. The van der Waals surface area contributed by atoms with Gasteiger partial charge in [0, 0.05) is 43.5 Å². The highest BCUT2D eigenvalue weighted by atomic mass is 19.1. The molecular weight excluding hydrogens is 545 g/mol. The van der Waals surface area contributed by atoms with Gasteiger partial charge in [-0.15, -0.1) is 0 Å². The molecule has 2 aromatic carbocycles. The number of imidazole rings is 1. The highest BCUT2D eigenvalue weighted by Crippen LogP contribution is 2.35. The van der Waals surface area contributed by atoms with Gasteiger partial charge >= 0.3 is 0 Å². The molecule has 4 aromatic rings. The monoisotopic (exact) mass is 585 g/mol. The third kappa shape index (κ3) is 5.00. The van der Waals surface area contributed by atoms with Crippen LogP contribution in [0.15, 0.2) is 30.3 Å². The molecule has 3 aliphatic heterocycles. The molecular formula is C33H40FN7O2. The van der Waals surface area contributed by atoms with E-state index in [2.05, 4.69) is 38.8 Å². The summed E-state index contributed by atoms with van der Waals surface area (Å²) in [7, 11) is 0. The molecule has 5 heterocycles. The SMILES string of the molecule is CCc1cc(O)c(F)cc1-c1ccc2c(-c3nc4c([nH]3)CN(C(C)C)[C@H](C(=O)N3CC(N5CCCCC5)C3)C4)n[nH]c2c1. The lowest BCUT2D eigenvalue weighted by Crippen LogP contribution is -2.65. The van der Waals surface area contributed by atoms with Crippen molar-refractivity contribution in [3.8, 4) is 28.4 Å². The zero-order valence-electron chi connectivity index (χ0n) is 25.2. The van der Waals surface area contributed by atoms with Crippen LogP contribution >= 0.6 is 0 Å². The van der Waals surface area contributed by atoms with Crippen molar-refractivity contribution < 1.29 is 14.3 Å². The van der Waals surface area contributed by atoms with Crippen LogP contribution in [0.1, 0.15) is 57.0 Å². The van der Waals surface area contributed by atoms with Gasteiger partial charge in [0.1, 0.15) is 5.69 Å². The summed E-state index contributed by atoms with van der Waals surface area (Å²) in [4.78, 5) is 29.1. The third-order valence-electron chi connectivity index (χ3n) is 9.67.